The predicted molar refractivity (Wildman–Crippen MR) is 86.3 cm³/mol. The molecule has 2 aliphatic heterocycles. The minimum atomic E-state index is -0.0509. The first-order valence-corrected chi connectivity index (χ1v) is 7.93. The van der Waals surface area contributed by atoms with Crippen molar-refractivity contribution in [3.63, 3.8) is 0 Å². The first kappa shape index (κ1) is 15.6. The number of carbonyl (C=O) groups is 2. The predicted octanol–water partition coefficient (Wildman–Crippen LogP) is 0.165. The Morgan fingerprint density at radius 2 is 1.91 bits per heavy atom. The molecule has 0 radical (unpaired) electrons. The molecule has 2 aliphatic rings. The summed E-state index contributed by atoms with van der Waals surface area (Å²) >= 11 is 0. The maximum atomic E-state index is 12.0. The third-order valence-corrected chi connectivity index (χ3v) is 4.08. The minimum Gasteiger partial charge on any atom is -0.378 e. The molecule has 2 fully saturated rings. The van der Waals surface area contributed by atoms with E-state index < -0.39 is 0 Å². The van der Waals surface area contributed by atoms with Crippen molar-refractivity contribution >= 4 is 17.6 Å². The van der Waals surface area contributed by atoms with Crippen molar-refractivity contribution in [3.05, 3.63) is 29.8 Å². The van der Waals surface area contributed by atoms with Gasteiger partial charge in [0.2, 0.25) is 5.91 Å². The van der Waals surface area contributed by atoms with Crippen LogP contribution in [0.25, 0.3) is 0 Å². The minimum absolute atomic E-state index is 0.0509. The number of ether oxygens (including phenoxy) is 1. The van der Waals surface area contributed by atoms with E-state index in [2.05, 4.69) is 15.5 Å². The number of amides is 3. The van der Waals surface area contributed by atoms with E-state index in [1.807, 2.05) is 24.3 Å². The summed E-state index contributed by atoms with van der Waals surface area (Å²) in [6, 6.07) is 7.91. The fraction of sp³-hybridized carbons (Fsp3) is 0.500. The number of hydrogen-bond acceptors (Lipinski definition) is 4. The van der Waals surface area contributed by atoms with E-state index in [-0.39, 0.29) is 11.9 Å². The quantitative estimate of drug-likeness (QED) is 0.833. The van der Waals surface area contributed by atoms with E-state index >= 15 is 0 Å². The third kappa shape index (κ3) is 4.13. The zero-order chi connectivity index (χ0) is 16.1. The van der Waals surface area contributed by atoms with Crippen LogP contribution >= 0.6 is 0 Å². The van der Waals surface area contributed by atoms with Crippen LogP contribution in [-0.4, -0.2) is 62.8 Å². The molecule has 23 heavy (non-hydrogen) atoms. The fourth-order valence-electron chi connectivity index (χ4n) is 2.74. The topological polar surface area (TPSA) is 73.9 Å². The smallest absolute Gasteiger partial charge is 0.317 e. The zero-order valence-corrected chi connectivity index (χ0v) is 13.1. The number of benzene rings is 1. The lowest BCUT2D eigenvalue weighted by molar-refractivity contribution is -0.120. The summed E-state index contributed by atoms with van der Waals surface area (Å²) < 4.78 is 5.24. The van der Waals surface area contributed by atoms with Crippen molar-refractivity contribution in [3.8, 4) is 0 Å². The Morgan fingerprint density at radius 1 is 1.17 bits per heavy atom. The van der Waals surface area contributed by atoms with E-state index in [1.165, 1.54) is 0 Å². The first-order valence-electron chi connectivity index (χ1n) is 7.93. The number of nitrogens with one attached hydrogen (secondary N) is 2. The van der Waals surface area contributed by atoms with Gasteiger partial charge in [-0.15, -0.1) is 0 Å². The van der Waals surface area contributed by atoms with Gasteiger partial charge >= 0.3 is 6.03 Å². The van der Waals surface area contributed by atoms with Gasteiger partial charge in [0.05, 0.1) is 19.8 Å². The van der Waals surface area contributed by atoms with Crippen molar-refractivity contribution in [1.29, 1.82) is 0 Å². The molecular formula is C16H22N4O3. The lowest BCUT2D eigenvalue weighted by Crippen LogP contribution is -2.47. The lowest BCUT2D eigenvalue weighted by atomic mass is 10.2. The molecular weight excluding hydrogens is 296 g/mol. The highest BCUT2D eigenvalue weighted by atomic mass is 16.5. The number of rotatable bonds is 3. The molecule has 2 saturated heterocycles. The monoisotopic (exact) mass is 318 g/mol. The van der Waals surface area contributed by atoms with Gasteiger partial charge in [0, 0.05) is 38.4 Å². The molecule has 7 nitrogen and oxygen atoms in total. The van der Waals surface area contributed by atoms with Crippen molar-refractivity contribution < 1.29 is 14.3 Å². The second-order valence-corrected chi connectivity index (χ2v) is 5.70. The van der Waals surface area contributed by atoms with Crippen LogP contribution in [0.5, 0.6) is 0 Å². The number of carbonyl (C=O) groups excluding carboxylic acids is 2. The highest BCUT2D eigenvalue weighted by Crippen LogP contribution is 2.16. The molecule has 0 spiro atoms. The van der Waals surface area contributed by atoms with Gasteiger partial charge in [-0.05, 0) is 17.7 Å². The van der Waals surface area contributed by atoms with Crippen molar-refractivity contribution in [2.24, 2.45) is 0 Å². The second kappa shape index (κ2) is 7.32. The van der Waals surface area contributed by atoms with E-state index in [1.54, 1.807) is 4.90 Å². The molecule has 0 unspecified atom stereocenters. The van der Waals surface area contributed by atoms with Crippen LogP contribution in [0, 0.1) is 0 Å². The van der Waals surface area contributed by atoms with E-state index in [4.69, 9.17) is 4.74 Å². The molecule has 2 heterocycles. The van der Waals surface area contributed by atoms with Gasteiger partial charge in [-0.2, -0.15) is 0 Å². The summed E-state index contributed by atoms with van der Waals surface area (Å²) in [6.07, 6.45) is 0. The molecule has 3 amide bonds. The molecule has 7 heteroatoms. The molecule has 1 aromatic rings. The van der Waals surface area contributed by atoms with Gasteiger partial charge in [-0.1, -0.05) is 12.1 Å². The standard InChI is InChI=1S/C16H22N4O3/c21-15-12-20(6-5-17-15)14-3-1-13(2-4-14)11-18-16(22)19-7-9-23-10-8-19/h1-4H,5-12H2,(H,17,21)(H,18,22). The van der Waals surface area contributed by atoms with Crippen molar-refractivity contribution in [2.75, 3.05) is 50.8 Å². The van der Waals surface area contributed by atoms with Gasteiger partial charge in [-0.3, -0.25) is 4.79 Å². The van der Waals surface area contributed by atoms with Crippen LogP contribution < -0.4 is 15.5 Å². The molecule has 0 saturated carbocycles. The maximum Gasteiger partial charge on any atom is 0.317 e. The summed E-state index contributed by atoms with van der Waals surface area (Å²) in [7, 11) is 0. The summed E-state index contributed by atoms with van der Waals surface area (Å²) in [5, 5.41) is 5.74. The summed E-state index contributed by atoms with van der Waals surface area (Å²) in [5.41, 5.74) is 2.07. The zero-order valence-electron chi connectivity index (χ0n) is 13.1. The molecule has 1 aromatic carbocycles. The number of urea groups is 1. The Kier molecular flexibility index (Phi) is 4.97. The number of anilines is 1. The average Bonchev–Trinajstić information content (AvgIpc) is 2.61. The van der Waals surface area contributed by atoms with E-state index in [0.717, 1.165) is 17.8 Å². The van der Waals surface area contributed by atoms with Gasteiger partial charge in [0.15, 0.2) is 0 Å². The van der Waals surface area contributed by atoms with Crippen LogP contribution in [0.1, 0.15) is 5.56 Å². The highest BCUT2D eigenvalue weighted by molar-refractivity contribution is 5.82. The normalized spacial score (nSPS) is 18.5. The number of hydrogen-bond donors (Lipinski definition) is 2. The highest BCUT2D eigenvalue weighted by Gasteiger charge is 2.17. The summed E-state index contributed by atoms with van der Waals surface area (Å²) in [6.45, 7) is 4.87. The van der Waals surface area contributed by atoms with Crippen molar-refractivity contribution in [1.82, 2.24) is 15.5 Å². The van der Waals surface area contributed by atoms with Gasteiger partial charge in [-0.25, -0.2) is 4.79 Å². The van der Waals surface area contributed by atoms with Crippen LogP contribution in [0.4, 0.5) is 10.5 Å². The van der Waals surface area contributed by atoms with Crippen molar-refractivity contribution in [2.45, 2.75) is 6.54 Å². The second-order valence-electron chi connectivity index (χ2n) is 5.70. The molecule has 124 valence electrons. The van der Waals surface area contributed by atoms with Crippen LogP contribution in [0.2, 0.25) is 0 Å². The molecule has 0 atom stereocenters. The maximum absolute atomic E-state index is 12.0. The Morgan fingerprint density at radius 3 is 2.61 bits per heavy atom. The molecule has 0 aromatic heterocycles. The van der Waals surface area contributed by atoms with Gasteiger partial charge < -0.3 is 25.2 Å². The Hall–Kier alpha value is -2.28. The Balaban J connectivity index is 1.51. The molecule has 2 N–H and O–H groups in total. The number of piperazine rings is 1. The lowest BCUT2D eigenvalue weighted by Gasteiger charge is -2.29. The number of morpholine rings is 1. The SMILES string of the molecule is O=C1CN(c2ccc(CNC(=O)N3CCOCC3)cc2)CCN1. The van der Waals surface area contributed by atoms with E-state index in [9.17, 15) is 9.59 Å². The summed E-state index contributed by atoms with van der Waals surface area (Å²) in [4.78, 5) is 27.3. The van der Waals surface area contributed by atoms with Crippen LogP contribution in [0.3, 0.4) is 0 Å². The number of nitrogens with zero attached hydrogens (tertiary/aromatic N) is 2. The molecule has 3 rings (SSSR count). The van der Waals surface area contributed by atoms with E-state index in [0.29, 0.717) is 45.9 Å². The average molecular weight is 318 g/mol. The van der Waals surface area contributed by atoms with Crippen LogP contribution in [0.15, 0.2) is 24.3 Å². The largest absolute Gasteiger partial charge is 0.378 e. The summed E-state index contributed by atoms with van der Waals surface area (Å²) in [5.74, 6) is 0.0538. The van der Waals surface area contributed by atoms with Gasteiger partial charge in [0.1, 0.15) is 0 Å². The van der Waals surface area contributed by atoms with Gasteiger partial charge in [0.25, 0.3) is 0 Å². The Labute approximate surface area is 135 Å². The molecule has 0 aliphatic carbocycles. The third-order valence-electron chi connectivity index (χ3n) is 4.08. The Bertz CT molecular complexity index is 555. The molecule has 0 bridgehead atoms. The van der Waals surface area contributed by atoms with Crippen LogP contribution in [-0.2, 0) is 16.1 Å². The fourth-order valence-corrected chi connectivity index (χ4v) is 2.74. The first-order chi connectivity index (χ1) is 11.2.